The Labute approximate surface area is 192 Å². The molecule has 1 atom stereocenters. The summed E-state index contributed by atoms with van der Waals surface area (Å²) >= 11 is 0. The first-order valence-electron chi connectivity index (χ1n) is 11.8. The number of para-hydroxylation sites is 1. The number of anilines is 1. The Balaban J connectivity index is 1.70. The third-order valence-corrected chi connectivity index (χ3v) is 5.97. The number of carbonyl (C=O) groups excluding carboxylic acids is 2. The molecule has 2 amide bonds. The van der Waals surface area contributed by atoms with Gasteiger partial charge in [0.1, 0.15) is 5.75 Å². The van der Waals surface area contributed by atoms with Crippen molar-refractivity contribution in [2.24, 2.45) is 0 Å². The van der Waals surface area contributed by atoms with Crippen LogP contribution >= 0.6 is 0 Å². The zero-order valence-electron chi connectivity index (χ0n) is 19.8. The fourth-order valence-corrected chi connectivity index (χ4v) is 3.96. The Bertz CT molecular complexity index is 907. The molecule has 0 aromatic heterocycles. The number of likely N-dealkylation sites (tertiary alicyclic amines) is 1. The molecular weight excluding hydrogens is 400 g/mol. The molecule has 0 aliphatic carbocycles. The minimum atomic E-state index is -0.642. The van der Waals surface area contributed by atoms with Crippen molar-refractivity contribution in [2.75, 3.05) is 18.4 Å². The summed E-state index contributed by atoms with van der Waals surface area (Å²) in [7, 11) is 0. The molecule has 32 heavy (non-hydrogen) atoms. The number of ether oxygens (including phenoxy) is 1. The van der Waals surface area contributed by atoms with Crippen LogP contribution in [-0.2, 0) is 10.2 Å². The average molecular weight is 437 g/mol. The molecule has 2 aromatic rings. The summed E-state index contributed by atoms with van der Waals surface area (Å²) in [5.74, 6) is 0.395. The van der Waals surface area contributed by atoms with E-state index in [2.05, 4.69) is 26.1 Å². The van der Waals surface area contributed by atoms with E-state index < -0.39 is 6.10 Å². The van der Waals surface area contributed by atoms with Crippen molar-refractivity contribution in [1.29, 1.82) is 0 Å². The number of nitrogens with zero attached hydrogens (tertiary/aromatic N) is 1. The largest absolute Gasteiger partial charge is 0.481 e. The second-order valence-electron chi connectivity index (χ2n) is 9.53. The lowest BCUT2D eigenvalue weighted by atomic mass is 9.87. The van der Waals surface area contributed by atoms with Crippen LogP contribution in [0.2, 0.25) is 0 Å². The maximum absolute atomic E-state index is 13.1. The van der Waals surface area contributed by atoms with Gasteiger partial charge in [-0.15, -0.1) is 0 Å². The van der Waals surface area contributed by atoms with Gasteiger partial charge in [-0.1, -0.05) is 64.8 Å². The van der Waals surface area contributed by atoms with Crippen LogP contribution in [0, 0.1) is 0 Å². The highest BCUT2D eigenvalue weighted by Gasteiger charge is 2.24. The summed E-state index contributed by atoms with van der Waals surface area (Å²) in [4.78, 5) is 28.1. The second-order valence-corrected chi connectivity index (χ2v) is 9.53. The zero-order chi connectivity index (χ0) is 23.1. The van der Waals surface area contributed by atoms with Crippen LogP contribution in [0.1, 0.15) is 75.7 Å². The number of benzene rings is 2. The van der Waals surface area contributed by atoms with Gasteiger partial charge in [-0.05, 0) is 54.5 Å². The van der Waals surface area contributed by atoms with Crippen molar-refractivity contribution in [3.05, 3.63) is 59.7 Å². The van der Waals surface area contributed by atoms with Gasteiger partial charge in [-0.2, -0.15) is 0 Å². The summed E-state index contributed by atoms with van der Waals surface area (Å²) in [6, 6.07) is 15.1. The van der Waals surface area contributed by atoms with Crippen molar-refractivity contribution < 1.29 is 14.3 Å². The molecule has 0 radical (unpaired) electrons. The second kappa shape index (κ2) is 10.7. The third kappa shape index (κ3) is 6.12. The third-order valence-electron chi connectivity index (χ3n) is 5.97. The van der Waals surface area contributed by atoms with Crippen molar-refractivity contribution in [1.82, 2.24) is 4.90 Å². The number of carbonyl (C=O) groups is 2. The van der Waals surface area contributed by atoms with Gasteiger partial charge in [0.15, 0.2) is 6.10 Å². The molecular formula is C27H36N2O3. The molecule has 2 aromatic carbocycles. The fraction of sp³-hybridized carbons (Fsp3) is 0.481. The van der Waals surface area contributed by atoms with E-state index in [0.29, 0.717) is 23.4 Å². The number of hydrogen-bond acceptors (Lipinski definition) is 3. The van der Waals surface area contributed by atoms with Crippen LogP contribution in [0.5, 0.6) is 5.75 Å². The molecule has 0 unspecified atom stereocenters. The van der Waals surface area contributed by atoms with E-state index in [0.717, 1.165) is 38.8 Å². The first kappa shape index (κ1) is 23.8. The molecule has 1 aliphatic heterocycles. The standard InChI is InChI=1S/C27H36N2O3/c1-5-24(32-21-16-14-20(15-17-21)27(2,3)4)25(30)28-23-13-9-8-12-22(23)26(31)29-18-10-6-7-11-19-29/h8-9,12-17,24H,5-7,10-11,18-19H2,1-4H3,(H,28,30)/t24-/m0/s1. The highest BCUT2D eigenvalue weighted by atomic mass is 16.5. The smallest absolute Gasteiger partial charge is 0.265 e. The topological polar surface area (TPSA) is 58.6 Å². The van der Waals surface area contributed by atoms with Crippen LogP contribution in [0.25, 0.3) is 0 Å². The molecule has 5 nitrogen and oxygen atoms in total. The van der Waals surface area contributed by atoms with Gasteiger partial charge in [0.25, 0.3) is 11.8 Å². The molecule has 1 N–H and O–H groups in total. The SMILES string of the molecule is CC[C@H](Oc1ccc(C(C)(C)C)cc1)C(=O)Nc1ccccc1C(=O)N1CCCCCC1. The minimum Gasteiger partial charge on any atom is -0.481 e. The molecule has 3 rings (SSSR count). The van der Waals surface area contributed by atoms with Crippen LogP contribution in [0.15, 0.2) is 48.5 Å². The van der Waals surface area contributed by atoms with Gasteiger partial charge >= 0.3 is 0 Å². The molecule has 1 saturated heterocycles. The van der Waals surface area contributed by atoms with Crippen LogP contribution in [0.4, 0.5) is 5.69 Å². The maximum Gasteiger partial charge on any atom is 0.265 e. The highest BCUT2D eigenvalue weighted by Crippen LogP contribution is 2.25. The number of hydrogen-bond donors (Lipinski definition) is 1. The van der Waals surface area contributed by atoms with Crippen LogP contribution in [0.3, 0.4) is 0 Å². The van der Waals surface area contributed by atoms with Crippen LogP contribution < -0.4 is 10.1 Å². The van der Waals surface area contributed by atoms with E-state index in [-0.39, 0.29) is 17.2 Å². The van der Waals surface area contributed by atoms with E-state index in [1.807, 2.05) is 48.2 Å². The van der Waals surface area contributed by atoms with Crippen molar-refractivity contribution in [3.63, 3.8) is 0 Å². The van der Waals surface area contributed by atoms with Gasteiger partial charge < -0.3 is 15.0 Å². The predicted octanol–water partition coefficient (Wildman–Crippen LogP) is 5.80. The van der Waals surface area contributed by atoms with Gasteiger partial charge in [-0.3, -0.25) is 9.59 Å². The lowest BCUT2D eigenvalue weighted by molar-refractivity contribution is -0.122. The van der Waals surface area contributed by atoms with E-state index in [9.17, 15) is 9.59 Å². The average Bonchev–Trinajstić information content (AvgIpc) is 3.06. The molecule has 1 aliphatic rings. The Hall–Kier alpha value is -2.82. The molecule has 1 fully saturated rings. The number of rotatable bonds is 6. The summed E-state index contributed by atoms with van der Waals surface area (Å²) < 4.78 is 5.99. The van der Waals surface area contributed by atoms with Crippen molar-refractivity contribution in [2.45, 2.75) is 71.3 Å². The lowest BCUT2D eigenvalue weighted by Gasteiger charge is -2.23. The molecule has 0 spiro atoms. The van der Waals surface area contributed by atoms with Gasteiger partial charge in [-0.25, -0.2) is 0 Å². The summed E-state index contributed by atoms with van der Waals surface area (Å²) in [5, 5.41) is 2.94. The lowest BCUT2D eigenvalue weighted by Crippen LogP contribution is -2.35. The molecule has 0 saturated carbocycles. The minimum absolute atomic E-state index is 0.0189. The number of amides is 2. The predicted molar refractivity (Wildman–Crippen MR) is 129 cm³/mol. The van der Waals surface area contributed by atoms with Crippen molar-refractivity contribution in [3.8, 4) is 5.75 Å². The first-order chi connectivity index (χ1) is 15.3. The van der Waals surface area contributed by atoms with Gasteiger partial charge in [0.05, 0.1) is 11.3 Å². The van der Waals surface area contributed by atoms with Crippen molar-refractivity contribution >= 4 is 17.5 Å². The maximum atomic E-state index is 13.1. The summed E-state index contributed by atoms with van der Waals surface area (Å²) in [5.41, 5.74) is 2.34. The van der Waals surface area contributed by atoms with E-state index >= 15 is 0 Å². The normalized spacial score (nSPS) is 15.6. The molecule has 5 heteroatoms. The molecule has 172 valence electrons. The highest BCUT2D eigenvalue weighted by molar-refractivity contribution is 6.04. The Kier molecular flexibility index (Phi) is 7.94. The monoisotopic (exact) mass is 436 g/mol. The fourth-order valence-electron chi connectivity index (χ4n) is 3.96. The van der Waals surface area contributed by atoms with E-state index in [1.54, 1.807) is 12.1 Å². The van der Waals surface area contributed by atoms with E-state index in [1.165, 1.54) is 5.56 Å². The summed E-state index contributed by atoms with van der Waals surface area (Å²) in [6.45, 7) is 9.95. The number of nitrogens with one attached hydrogen (secondary N) is 1. The Morgan fingerprint density at radius 2 is 1.59 bits per heavy atom. The zero-order valence-corrected chi connectivity index (χ0v) is 19.8. The molecule has 0 bridgehead atoms. The van der Waals surface area contributed by atoms with Gasteiger partial charge in [0, 0.05) is 13.1 Å². The molecule has 1 heterocycles. The Morgan fingerprint density at radius 1 is 0.969 bits per heavy atom. The van der Waals surface area contributed by atoms with E-state index in [4.69, 9.17) is 4.74 Å². The first-order valence-corrected chi connectivity index (χ1v) is 11.8. The Morgan fingerprint density at radius 3 is 2.19 bits per heavy atom. The quantitative estimate of drug-likeness (QED) is 0.623. The summed E-state index contributed by atoms with van der Waals surface area (Å²) in [6.07, 6.45) is 4.26. The van der Waals surface area contributed by atoms with Crippen LogP contribution in [-0.4, -0.2) is 35.9 Å². The van der Waals surface area contributed by atoms with Gasteiger partial charge in [0.2, 0.25) is 0 Å².